The highest BCUT2D eigenvalue weighted by Crippen LogP contribution is 2.10. The Balaban J connectivity index is 2.10. The average molecular weight is 170 g/mol. The lowest BCUT2D eigenvalue weighted by atomic mass is 10.1. The summed E-state index contributed by atoms with van der Waals surface area (Å²) >= 11 is 0. The second-order valence-electron chi connectivity index (χ2n) is 2.88. The van der Waals surface area contributed by atoms with Crippen LogP contribution in [-0.2, 0) is 9.47 Å². The predicted octanol–water partition coefficient (Wildman–Crippen LogP) is 0.0329. The minimum absolute atomic E-state index is 0.234. The maximum Gasteiger partial charge on any atom is 0.116 e. The van der Waals surface area contributed by atoms with Crippen LogP contribution in [0.3, 0.4) is 0 Å². The van der Waals surface area contributed by atoms with Crippen molar-refractivity contribution in [1.82, 2.24) is 0 Å². The van der Waals surface area contributed by atoms with E-state index in [0.717, 1.165) is 26.1 Å². The SMILES string of the molecule is N#CC(N)COC1CCOCC1. The molecule has 1 aliphatic rings. The minimum atomic E-state index is -0.493. The van der Waals surface area contributed by atoms with E-state index in [1.807, 2.05) is 6.07 Å². The van der Waals surface area contributed by atoms with Crippen LogP contribution in [0, 0.1) is 11.3 Å². The summed E-state index contributed by atoms with van der Waals surface area (Å²) < 4.78 is 10.6. The molecule has 0 radical (unpaired) electrons. The Morgan fingerprint density at radius 2 is 2.25 bits per heavy atom. The van der Waals surface area contributed by atoms with Gasteiger partial charge in [-0.3, -0.25) is 0 Å². The molecule has 1 atom stereocenters. The first-order valence-corrected chi connectivity index (χ1v) is 4.17. The van der Waals surface area contributed by atoms with Crippen LogP contribution < -0.4 is 5.73 Å². The van der Waals surface area contributed by atoms with Crippen molar-refractivity contribution in [2.24, 2.45) is 5.73 Å². The first-order chi connectivity index (χ1) is 5.83. The van der Waals surface area contributed by atoms with Gasteiger partial charge in [0.2, 0.25) is 0 Å². The molecular formula is C8H14N2O2. The molecule has 4 nitrogen and oxygen atoms in total. The number of nitrogens with zero attached hydrogens (tertiary/aromatic N) is 1. The van der Waals surface area contributed by atoms with Crippen LogP contribution in [0.5, 0.6) is 0 Å². The van der Waals surface area contributed by atoms with E-state index >= 15 is 0 Å². The summed E-state index contributed by atoms with van der Waals surface area (Å²) in [5.41, 5.74) is 5.37. The molecule has 1 rings (SSSR count). The van der Waals surface area contributed by atoms with Crippen LogP contribution in [0.25, 0.3) is 0 Å². The van der Waals surface area contributed by atoms with E-state index in [2.05, 4.69) is 0 Å². The van der Waals surface area contributed by atoms with Gasteiger partial charge in [-0.25, -0.2) is 0 Å². The molecule has 0 amide bonds. The highest BCUT2D eigenvalue weighted by atomic mass is 16.5. The zero-order chi connectivity index (χ0) is 8.81. The molecule has 12 heavy (non-hydrogen) atoms. The number of nitriles is 1. The summed E-state index contributed by atoms with van der Waals surface area (Å²) in [5.74, 6) is 0. The van der Waals surface area contributed by atoms with Gasteiger partial charge >= 0.3 is 0 Å². The molecule has 0 aromatic rings. The molecule has 1 unspecified atom stereocenters. The third-order valence-electron chi connectivity index (χ3n) is 1.85. The van der Waals surface area contributed by atoms with Crippen molar-refractivity contribution >= 4 is 0 Å². The fourth-order valence-corrected chi connectivity index (χ4v) is 1.12. The van der Waals surface area contributed by atoms with Gasteiger partial charge in [0.1, 0.15) is 6.04 Å². The lowest BCUT2D eigenvalue weighted by Crippen LogP contribution is -2.30. The van der Waals surface area contributed by atoms with Gasteiger partial charge in [0.25, 0.3) is 0 Å². The highest BCUT2D eigenvalue weighted by Gasteiger charge is 2.14. The van der Waals surface area contributed by atoms with Gasteiger partial charge in [-0.2, -0.15) is 5.26 Å². The number of ether oxygens (including phenoxy) is 2. The van der Waals surface area contributed by atoms with Gasteiger partial charge in [0, 0.05) is 13.2 Å². The molecule has 1 fully saturated rings. The average Bonchev–Trinajstić information content (AvgIpc) is 2.16. The number of nitrogens with two attached hydrogens (primary N) is 1. The van der Waals surface area contributed by atoms with Gasteiger partial charge < -0.3 is 15.2 Å². The van der Waals surface area contributed by atoms with Gasteiger partial charge in [-0.15, -0.1) is 0 Å². The predicted molar refractivity (Wildman–Crippen MR) is 43.4 cm³/mol. The molecule has 0 bridgehead atoms. The summed E-state index contributed by atoms with van der Waals surface area (Å²) in [5, 5.41) is 8.38. The maximum absolute atomic E-state index is 8.38. The normalized spacial score (nSPS) is 21.7. The Hall–Kier alpha value is -0.630. The fraction of sp³-hybridized carbons (Fsp3) is 0.875. The van der Waals surface area contributed by atoms with Crippen molar-refractivity contribution in [1.29, 1.82) is 5.26 Å². The Labute approximate surface area is 72.2 Å². The van der Waals surface area contributed by atoms with E-state index in [1.54, 1.807) is 0 Å². The Kier molecular flexibility index (Phi) is 4.01. The molecule has 0 saturated carbocycles. The van der Waals surface area contributed by atoms with Crippen molar-refractivity contribution in [3.05, 3.63) is 0 Å². The number of hydrogen-bond donors (Lipinski definition) is 1. The maximum atomic E-state index is 8.38. The molecule has 0 aromatic heterocycles. The standard InChI is InChI=1S/C8H14N2O2/c9-5-7(10)6-12-8-1-3-11-4-2-8/h7-8H,1-4,6,10H2. The first kappa shape index (κ1) is 9.46. The molecular weight excluding hydrogens is 156 g/mol. The third-order valence-corrected chi connectivity index (χ3v) is 1.85. The largest absolute Gasteiger partial charge is 0.381 e. The topological polar surface area (TPSA) is 68.3 Å². The van der Waals surface area contributed by atoms with E-state index in [-0.39, 0.29) is 6.10 Å². The molecule has 1 heterocycles. The van der Waals surface area contributed by atoms with Crippen LogP contribution in [0.2, 0.25) is 0 Å². The van der Waals surface area contributed by atoms with Gasteiger partial charge in [-0.05, 0) is 12.8 Å². The van der Waals surface area contributed by atoms with Crippen molar-refractivity contribution in [3.8, 4) is 6.07 Å². The van der Waals surface area contributed by atoms with E-state index in [4.69, 9.17) is 20.5 Å². The first-order valence-electron chi connectivity index (χ1n) is 4.17. The molecule has 0 aromatic carbocycles. The fourth-order valence-electron chi connectivity index (χ4n) is 1.12. The Morgan fingerprint density at radius 3 is 2.83 bits per heavy atom. The highest BCUT2D eigenvalue weighted by molar-refractivity contribution is 4.86. The van der Waals surface area contributed by atoms with Crippen LogP contribution in [0.1, 0.15) is 12.8 Å². The minimum Gasteiger partial charge on any atom is -0.381 e. The van der Waals surface area contributed by atoms with Crippen LogP contribution in [-0.4, -0.2) is 32.0 Å². The second-order valence-corrected chi connectivity index (χ2v) is 2.88. The smallest absolute Gasteiger partial charge is 0.116 e. The summed E-state index contributed by atoms with van der Waals surface area (Å²) in [4.78, 5) is 0. The van der Waals surface area contributed by atoms with Gasteiger partial charge in [0.15, 0.2) is 0 Å². The molecule has 4 heteroatoms. The quantitative estimate of drug-likeness (QED) is 0.649. The van der Waals surface area contributed by atoms with Gasteiger partial charge in [-0.1, -0.05) is 0 Å². The van der Waals surface area contributed by atoms with E-state index < -0.39 is 6.04 Å². The number of rotatable bonds is 3. The van der Waals surface area contributed by atoms with Crippen molar-refractivity contribution in [3.63, 3.8) is 0 Å². The lowest BCUT2D eigenvalue weighted by Gasteiger charge is -2.22. The van der Waals surface area contributed by atoms with Crippen LogP contribution in [0.4, 0.5) is 0 Å². The van der Waals surface area contributed by atoms with E-state index in [9.17, 15) is 0 Å². The van der Waals surface area contributed by atoms with E-state index in [0.29, 0.717) is 6.61 Å². The van der Waals surface area contributed by atoms with Crippen LogP contribution >= 0.6 is 0 Å². The molecule has 0 aliphatic carbocycles. The van der Waals surface area contributed by atoms with Crippen molar-refractivity contribution in [2.75, 3.05) is 19.8 Å². The third kappa shape index (κ3) is 3.18. The second kappa shape index (κ2) is 5.09. The summed E-state index contributed by atoms with van der Waals surface area (Å²) in [6.07, 6.45) is 2.06. The molecule has 1 saturated heterocycles. The van der Waals surface area contributed by atoms with Gasteiger partial charge in [0.05, 0.1) is 18.8 Å². The zero-order valence-electron chi connectivity index (χ0n) is 7.03. The van der Waals surface area contributed by atoms with Crippen molar-refractivity contribution in [2.45, 2.75) is 25.0 Å². The van der Waals surface area contributed by atoms with E-state index in [1.165, 1.54) is 0 Å². The molecule has 0 spiro atoms. The Morgan fingerprint density at radius 1 is 1.58 bits per heavy atom. The van der Waals surface area contributed by atoms with Crippen molar-refractivity contribution < 1.29 is 9.47 Å². The summed E-state index contributed by atoms with van der Waals surface area (Å²) in [7, 11) is 0. The molecule has 1 aliphatic heterocycles. The van der Waals surface area contributed by atoms with Crippen LogP contribution in [0.15, 0.2) is 0 Å². The summed E-state index contributed by atoms with van der Waals surface area (Å²) in [6, 6.07) is 1.43. The number of hydrogen-bond acceptors (Lipinski definition) is 4. The summed E-state index contributed by atoms with van der Waals surface area (Å²) in [6.45, 7) is 1.85. The monoisotopic (exact) mass is 170 g/mol. The lowest BCUT2D eigenvalue weighted by molar-refractivity contribution is -0.0325. The molecule has 2 N–H and O–H groups in total. The Bertz CT molecular complexity index is 161. The molecule has 68 valence electrons. The zero-order valence-corrected chi connectivity index (χ0v) is 7.03.